The van der Waals surface area contributed by atoms with Crippen LogP contribution in [0.25, 0.3) is 11.0 Å². The highest BCUT2D eigenvalue weighted by Gasteiger charge is 2.12. The molecule has 2 aromatic carbocycles. The van der Waals surface area contributed by atoms with Gasteiger partial charge in [-0.1, -0.05) is 27.2 Å². The number of aromatic nitrogens is 1. The molecule has 0 radical (unpaired) electrons. The van der Waals surface area contributed by atoms with Crippen molar-refractivity contribution in [2.45, 2.75) is 19.7 Å². The van der Waals surface area contributed by atoms with Gasteiger partial charge in [0.2, 0.25) is 0 Å². The maximum absolute atomic E-state index is 5.85. The van der Waals surface area contributed by atoms with Gasteiger partial charge < -0.3 is 14.6 Å². The molecule has 1 aromatic heterocycles. The Hall–Kier alpha value is -1.85. The summed E-state index contributed by atoms with van der Waals surface area (Å²) >= 11 is 3.42. The van der Waals surface area contributed by atoms with E-state index in [1.807, 2.05) is 24.3 Å². The standard InChI is InChI=1S/C16H13BrN2O2/c17-12-2-4-14-15(19-21-16(14)6-12)9-20-13-3-1-10-7-18-8-11(10)5-13/h1-6,18H,7-9H2. The van der Waals surface area contributed by atoms with Crippen molar-refractivity contribution in [1.29, 1.82) is 0 Å². The van der Waals surface area contributed by atoms with Crippen molar-refractivity contribution >= 4 is 26.9 Å². The van der Waals surface area contributed by atoms with E-state index in [0.29, 0.717) is 6.61 Å². The Kier molecular flexibility index (Phi) is 3.16. The second-order valence-corrected chi connectivity index (χ2v) is 6.01. The van der Waals surface area contributed by atoms with Crippen molar-refractivity contribution in [3.05, 3.63) is 57.7 Å². The van der Waals surface area contributed by atoms with Crippen LogP contribution in [0.3, 0.4) is 0 Å². The summed E-state index contributed by atoms with van der Waals surface area (Å²) < 4.78 is 12.2. The highest BCUT2D eigenvalue weighted by molar-refractivity contribution is 9.10. The van der Waals surface area contributed by atoms with Crippen molar-refractivity contribution in [2.75, 3.05) is 0 Å². The maximum atomic E-state index is 5.85. The smallest absolute Gasteiger partial charge is 0.168 e. The molecule has 0 spiro atoms. The molecule has 1 aliphatic heterocycles. The largest absolute Gasteiger partial charge is 0.487 e. The predicted molar refractivity (Wildman–Crippen MR) is 83.0 cm³/mol. The minimum atomic E-state index is 0.404. The first kappa shape index (κ1) is 12.9. The number of halogens is 1. The summed E-state index contributed by atoms with van der Waals surface area (Å²) in [6.45, 7) is 2.26. The van der Waals surface area contributed by atoms with Gasteiger partial charge in [-0.2, -0.15) is 0 Å². The molecule has 2 heterocycles. The minimum Gasteiger partial charge on any atom is -0.487 e. The fourth-order valence-corrected chi connectivity index (χ4v) is 2.92. The summed E-state index contributed by atoms with van der Waals surface area (Å²) in [4.78, 5) is 0. The van der Waals surface area contributed by atoms with E-state index in [0.717, 1.165) is 40.0 Å². The highest BCUT2D eigenvalue weighted by atomic mass is 79.9. The molecule has 4 rings (SSSR count). The fourth-order valence-electron chi connectivity index (χ4n) is 2.58. The average Bonchev–Trinajstić information content (AvgIpc) is 3.10. The van der Waals surface area contributed by atoms with Gasteiger partial charge in [0.1, 0.15) is 18.1 Å². The lowest BCUT2D eigenvalue weighted by Crippen LogP contribution is -2.00. The molecule has 0 saturated carbocycles. The molecule has 0 fully saturated rings. The van der Waals surface area contributed by atoms with Gasteiger partial charge in [-0.3, -0.25) is 0 Å². The van der Waals surface area contributed by atoms with E-state index in [1.165, 1.54) is 11.1 Å². The van der Waals surface area contributed by atoms with Crippen LogP contribution in [-0.2, 0) is 19.7 Å². The van der Waals surface area contributed by atoms with Crippen molar-refractivity contribution in [2.24, 2.45) is 0 Å². The van der Waals surface area contributed by atoms with E-state index < -0.39 is 0 Å². The van der Waals surface area contributed by atoms with Crippen molar-refractivity contribution < 1.29 is 9.26 Å². The first-order valence-corrected chi connectivity index (χ1v) is 7.58. The molecule has 0 saturated heterocycles. The summed E-state index contributed by atoms with van der Waals surface area (Å²) in [6, 6.07) is 12.1. The van der Waals surface area contributed by atoms with Crippen LogP contribution in [0.5, 0.6) is 5.75 Å². The number of benzene rings is 2. The van der Waals surface area contributed by atoms with Crippen LogP contribution < -0.4 is 10.1 Å². The lowest BCUT2D eigenvalue weighted by Gasteiger charge is -2.06. The summed E-state index contributed by atoms with van der Waals surface area (Å²) in [6.07, 6.45) is 0. The Balaban J connectivity index is 1.55. The third kappa shape index (κ3) is 2.43. The monoisotopic (exact) mass is 344 g/mol. The SMILES string of the molecule is Brc1ccc2c(COc3ccc4c(c3)CNC4)noc2c1. The van der Waals surface area contributed by atoms with Gasteiger partial charge in [-0.15, -0.1) is 0 Å². The molecule has 21 heavy (non-hydrogen) atoms. The number of nitrogens with zero attached hydrogens (tertiary/aromatic N) is 1. The van der Waals surface area contributed by atoms with Gasteiger partial charge in [0, 0.05) is 22.9 Å². The molecule has 106 valence electrons. The molecule has 0 amide bonds. The maximum Gasteiger partial charge on any atom is 0.168 e. The summed E-state index contributed by atoms with van der Waals surface area (Å²) in [5.74, 6) is 0.866. The molecule has 0 bridgehead atoms. The second-order valence-electron chi connectivity index (χ2n) is 5.09. The van der Waals surface area contributed by atoms with Gasteiger partial charge in [0.05, 0.1) is 0 Å². The molecule has 1 aliphatic rings. The zero-order chi connectivity index (χ0) is 14.2. The Labute approximate surface area is 130 Å². The zero-order valence-corrected chi connectivity index (χ0v) is 12.8. The van der Waals surface area contributed by atoms with Crippen LogP contribution in [0.2, 0.25) is 0 Å². The Morgan fingerprint density at radius 3 is 3.00 bits per heavy atom. The van der Waals surface area contributed by atoms with Gasteiger partial charge in [-0.05, 0) is 41.5 Å². The number of nitrogens with one attached hydrogen (secondary N) is 1. The first-order chi connectivity index (χ1) is 10.3. The fraction of sp³-hybridized carbons (Fsp3) is 0.188. The van der Waals surface area contributed by atoms with Crippen LogP contribution in [0.1, 0.15) is 16.8 Å². The normalized spacial score (nSPS) is 13.6. The lowest BCUT2D eigenvalue weighted by atomic mass is 10.1. The van der Waals surface area contributed by atoms with E-state index in [2.05, 4.69) is 38.5 Å². The molecule has 1 N–H and O–H groups in total. The Morgan fingerprint density at radius 2 is 2.05 bits per heavy atom. The Morgan fingerprint density at radius 1 is 1.14 bits per heavy atom. The molecule has 4 nitrogen and oxygen atoms in total. The van der Waals surface area contributed by atoms with Gasteiger partial charge in [-0.25, -0.2) is 0 Å². The van der Waals surface area contributed by atoms with E-state index in [-0.39, 0.29) is 0 Å². The predicted octanol–water partition coefficient (Wildman–Crippen LogP) is 3.77. The molecule has 0 unspecified atom stereocenters. The van der Waals surface area contributed by atoms with E-state index >= 15 is 0 Å². The summed E-state index contributed by atoms with van der Waals surface area (Å²) in [5.41, 5.74) is 4.23. The molecule has 5 heteroatoms. The molecular weight excluding hydrogens is 332 g/mol. The molecule has 3 aromatic rings. The van der Waals surface area contributed by atoms with E-state index in [9.17, 15) is 0 Å². The molecular formula is C16H13BrN2O2. The molecule has 0 aliphatic carbocycles. The van der Waals surface area contributed by atoms with Gasteiger partial charge >= 0.3 is 0 Å². The number of rotatable bonds is 3. The third-order valence-electron chi connectivity index (χ3n) is 3.69. The van der Waals surface area contributed by atoms with Crippen LogP contribution in [0.15, 0.2) is 45.4 Å². The number of hydrogen-bond donors (Lipinski definition) is 1. The van der Waals surface area contributed by atoms with Crippen LogP contribution in [0, 0.1) is 0 Å². The van der Waals surface area contributed by atoms with Crippen molar-refractivity contribution in [3.63, 3.8) is 0 Å². The quantitative estimate of drug-likeness (QED) is 0.785. The van der Waals surface area contributed by atoms with Gasteiger partial charge in [0.25, 0.3) is 0 Å². The third-order valence-corrected chi connectivity index (χ3v) is 4.19. The van der Waals surface area contributed by atoms with Crippen LogP contribution in [0.4, 0.5) is 0 Å². The second kappa shape index (κ2) is 5.16. The summed E-state index contributed by atoms with van der Waals surface area (Å²) in [5, 5.41) is 8.40. The van der Waals surface area contributed by atoms with E-state index in [4.69, 9.17) is 9.26 Å². The highest BCUT2D eigenvalue weighted by Crippen LogP contribution is 2.25. The number of fused-ring (bicyclic) bond motifs is 2. The van der Waals surface area contributed by atoms with Crippen molar-refractivity contribution in [1.82, 2.24) is 10.5 Å². The van der Waals surface area contributed by atoms with Gasteiger partial charge in [0.15, 0.2) is 5.58 Å². The minimum absolute atomic E-state index is 0.404. The molecule has 0 atom stereocenters. The van der Waals surface area contributed by atoms with Crippen LogP contribution in [-0.4, -0.2) is 5.16 Å². The number of ether oxygens (including phenoxy) is 1. The van der Waals surface area contributed by atoms with E-state index in [1.54, 1.807) is 0 Å². The average molecular weight is 345 g/mol. The topological polar surface area (TPSA) is 47.3 Å². The summed E-state index contributed by atoms with van der Waals surface area (Å²) in [7, 11) is 0. The van der Waals surface area contributed by atoms with Crippen LogP contribution >= 0.6 is 15.9 Å². The lowest BCUT2D eigenvalue weighted by molar-refractivity contribution is 0.292. The zero-order valence-electron chi connectivity index (χ0n) is 11.2. The van der Waals surface area contributed by atoms with Crippen molar-refractivity contribution in [3.8, 4) is 5.75 Å². The number of hydrogen-bond acceptors (Lipinski definition) is 4. The first-order valence-electron chi connectivity index (χ1n) is 6.79. The Bertz CT molecular complexity index is 813.